The van der Waals surface area contributed by atoms with Gasteiger partial charge >= 0.3 is 0 Å². The van der Waals surface area contributed by atoms with Gasteiger partial charge in [-0.05, 0) is 6.42 Å². The Morgan fingerprint density at radius 3 is 3.12 bits per heavy atom. The van der Waals surface area contributed by atoms with E-state index in [2.05, 4.69) is 16.4 Å². The maximum Gasteiger partial charge on any atom is 0.0646 e. The zero-order chi connectivity index (χ0) is 5.82. The van der Waals surface area contributed by atoms with Gasteiger partial charge in [-0.3, -0.25) is 0 Å². The molecule has 1 heterocycles. The Balaban J connectivity index is 2.50. The minimum Gasteiger partial charge on any atom is -0.228 e. The number of rotatable bonds is 2. The molecule has 0 spiro atoms. The number of hydrogen-bond acceptors (Lipinski definition) is 2. The summed E-state index contributed by atoms with van der Waals surface area (Å²) in [6.07, 6.45) is 4.15. The predicted octanol–water partition coefficient (Wildman–Crippen LogP) is 1.46. The molecule has 8 heavy (non-hydrogen) atoms. The van der Waals surface area contributed by atoms with E-state index in [4.69, 9.17) is 0 Å². The molecule has 1 aromatic rings. The summed E-state index contributed by atoms with van der Waals surface area (Å²) in [5.41, 5.74) is 1.17. The van der Waals surface area contributed by atoms with Gasteiger partial charge in [-0.2, -0.15) is 0 Å². The first-order chi connectivity index (χ1) is 3.93. The minimum atomic E-state index is 0.456. The van der Waals surface area contributed by atoms with E-state index in [0.717, 1.165) is 6.42 Å². The average Bonchev–Trinajstić information content (AvgIpc) is 2.19. The third-order valence-corrected chi connectivity index (χ3v) is 1.60. The van der Waals surface area contributed by atoms with E-state index in [1.54, 1.807) is 0 Å². The van der Waals surface area contributed by atoms with Crippen LogP contribution in [0, 0.1) is 0 Å². The molecule has 0 fully saturated rings. The van der Waals surface area contributed by atoms with E-state index in [0.29, 0.717) is 8.51 Å². The molecule has 0 saturated carbocycles. The van der Waals surface area contributed by atoms with Crippen LogP contribution in [-0.2, 0) is 6.42 Å². The molecule has 0 aromatic carbocycles. The summed E-state index contributed by atoms with van der Waals surface area (Å²) in [7, 11) is 0.456. The average molecular weight is 128 g/mol. The van der Waals surface area contributed by atoms with Crippen molar-refractivity contribution in [3.63, 3.8) is 0 Å². The summed E-state index contributed by atoms with van der Waals surface area (Å²) in [5.74, 6) is 0. The highest BCUT2D eigenvalue weighted by Crippen LogP contribution is 2.00. The van der Waals surface area contributed by atoms with Gasteiger partial charge in [0.05, 0.1) is 20.4 Å². The molecule has 1 aromatic heterocycles. The van der Waals surface area contributed by atoms with Gasteiger partial charge in [-0.15, -0.1) is 0 Å². The van der Waals surface area contributed by atoms with E-state index < -0.39 is 0 Å². The quantitative estimate of drug-likeness (QED) is 0.602. The van der Waals surface area contributed by atoms with E-state index >= 15 is 0 Å². The minimum absolute atomic E-state index is 0.456. The van der Waals surface area contributed by atoms with Crippen molar-refractivity contribution in [2.75, 3.05) is 0 Å². The maximum atomic E-state index is 4.15. The van der Waals surface area contributed by atoms with E-state index in [1.165, 1.54) is 12.1 Å². The first kappa shape index (κ1) is 5.77. The standard InChI is InChI=1S/C5H9N2P/c1-2-3-5-4-6-8-7-5/h4,8H,2-3H2,1H3. The van der Waals surface area contributed by atoms with Crippen LogP contribution >= 0.6 is 8.51 Å². The van der Waals surface area contributed by atoms with Gasteiger partial charge in [0.1, 0.15) is 0 Å². The lowest BCUT2D eigenvalue weighted by Gasteiger charge is -1.83. The van der Waals surface area contributed by atoms with Crippen molar-refractivity contribution in [3.8, 4) is 0 Å². The van der Waals surface area contributed by atoms with Crippen molar-refractivity contribution in [2.24, 2.45) is 0 Å². The molecule has 2 nitrogen and oxygen atoms in total. The van der Waals surface area contributed by atoms with Crippen LogP contribution in [-0.4, -0.2) is 9.49 Å². The molecule has 0 aliphatic carbocycles. The lowest BCUT2D eigenvalue weighted by atomic mass is 10.3. The van der Waals surface area contributed by atoms with Gasteiger partial charge in [0.2, 0.25) is 0 Å². The molecule has 0 radical (unpaired) electrons. The van der Waals surface area contributed by atoms with Crippen LogP contribution in [0.5, 0.6) is 0 Å². The molecule has 0 aliphatic rings. The lowest BCUT2D eigenvalue weighted by Crippen LogP contribution is -1.78. The van der Waals surface area contributed by atoms with Crippen molar-refractivity contribution in [1.82, 2.24) is 9.49 Å². The summed E-state index contributed by atoms with van der Waals surface area (Å²) >= 11 is 0. The first-order valence-electron chi connectivity index (χ1n) is 2.78. The zero-order valence-corrected chi connectivity index (χ0v) is 5.89. The van der Waals surface area contributed by atoms with Crippen molar-refractivity contribution < 1.29 is 0 Å². The Morgan fingerprint density at radius 2 is 2.62 bits per heavy atom. The van der Waals surface area contributed by atoms with Crippen molar-refractivity contribution in [2.45, 2.75) is 19.8 Å². The van der Waals surface area contributed by atoms with Crippen LogP contribution in [0.25, 0.3) is 0 Å². The van der Waals surface area contributed by atoms with Crippen LogP contribution in [0.2, 0.25) is 0 Å². The SMILES string of the molecule is CCCc1cn[pH]n1. The molecule has 0 N–H and O–H groups in total. The number of hydrogen-bond donors (Lipinski definition) is 0. The Morgan fingerprint density at radius 1 is 1.75 bits per heavy atom. The first-order valence-corrected chi connectivity index (χ1v) is 3.67. The van der Waals surface area contributed by atoms with Crippen LogP contribution in [0.15, 0.2) is 6.20 Å². The lowest BCUT2D eigenvalue weighted by molar-refractivity contribution is 0.898. The Labute approximate surface area is 50.6 Å². The summed E-state index contributed by atoms with van der Waals surface area (Å²) in [6.45, 7) is 2.15. The van der Waals surface area contributed by atoms with E-state index in [1.807, 2.05) is 6.20 Å². The largest absolute Gasteiger partial charge is 0.228 e. The van der Waals surface area contributed by atoms with Crippen LogP contribution in [0.3, 0.4) is 0 Å². The van der Waals surface area contributed by atoms with Crippen molar-refractivity contribution >= 4 is 8.51 Å². The zero-order valence-electron chi connectivity index (χ0n) is 4.89. The summed E-state index contributed by atoms with van der Waals surface area (Å²) in [4.78, 5) is 0. The number of aryl methyl sites for hydroxylation is 1. The molecule has 0 saturated heterocycles. The molecule has 44 valence electrons. The topological polar surface area (TPSA) is 25.8 Å². The summed E-state index contributed by atoms with van der Waals surface area (Å²) in [5, 5.41) is 0. The van der Waals surface area contributed by atoms with Crippen molar-refractivity contribution in [1.29, 1.82) is 0 Å². The van der Waals surface area contributed by atoms with E-state index in [-0.39, 0.29) is 0 Å². The Hall–Kier alpha value is -0.360. The highest BCUT2D eigenvalue weighted by atomic mass is 31.1. The molecular formula is C5H9N2P. The molecule has 0 aliphatic heterocycles. The molecule has 0 amide bonds. The highest BCUT2D eigenvalue weighted by molar-refractivity contribution is 7.20. The Kier molecular flexibility index (Phi) is 2.04. The van der Waals surface area contributed by atoms with Crippen LogP contribution in [0.1, 0.15) is 19.0 Å². The fraction of sp³-hybridized carbons (Fsp3) is 0.600. The monoisotopic (exact) mass is 128 g/mol. The molecule has 1 unspecified atom stereocenters. The number of aromatic nitrogens is 2. The summed E-state index contributed by atoms with van der Waals surface area (Å²) in [6, 6.07) is 0. The molecular weight excluding hydrogens is 119 g/mol. The van der Waals surface area contributed by atoms with Crippen LogP contribution < -0.4 is 0 Å². The van der Waals surface area contributed by atoms with Gasteiger partial charge in [-0.25, -0.2) is 9.49 Å². The number of nitrogens with zero attached hydrogens (tertiary/aromatic N) is 2. The predicted molar refractivity (Wildman–Crippen MR) is 35.5 cm³/mol. The molecule has 1 atom stereocenters. The van der Waals surface area contributed by atoms with Gasteiger partial charge in [0, 0.05) is 0 Å². The van der Waals surface area contributed by atoms with Gasteiger partial charge < -0.3 is 0 Å². The third-order valence-electron chi connectivity index (χ3n) is 0.971. The maximum absolute atomic E-state index is 4.15. The molecule has 3 heteroatoms. The normalized spacial score (nSPS) is 10.6. The second-order valence-corrected chi connectivity index (χ2v) is 2.39. The third kappa shape index (κ3) is 1.31. The summed E-state index contributed by atoms with van der Waals surface area (Å²) < 4.78 is 8.13. The second kappa shape index (κ2) is 2.83. The fourth-order valence-electron chi connectivity index (χ4n) is 0.602. The van der Waals surface area contributed by atoms with Gasteiger partial charge in [0.25, 0.3) is 0 Å². The second-order valence-electron chi connectivity index (χ2n) is 1.71. The van der Waals surface area contributed by atoms with Crippen molar-refractivity contribution in [3.05, 3.63) is 11.9 Å². The van der Waals surface area contributed by atoms with Crippen LogP contribution in [0.4, 0.5) is 0 Å². The molecule has 0 bridgehead atoms. The molecule has 1 rings (SSSR count). The Bertz CT molecular complexity index is 136. The van der Waals surface area contributed by atoms with E-state index in [9.17, 15) is 0 Å². The smallest absolute Gasteiger partial charge is 0.0646 e. The fourth-order valence-corrected chi connectivity index (χ4v) is 1.16. The van der Waals surface area contributed by atoms with Gasteiger partial charge in [0.15, 0.2) is 0 Å². The highest BCUT2D eigenvalue weighted by Gasteiger charge is 1.88. The van der Waals surface area contributed by atoms with Gasteiger partial charge in [-0.1, -0.05) is 13.3 Å².